The van der Waals surface area contributed by atoms with Crippen LogP contribution >= 0.6 is 11.8 Å². The molecule has 0 bridgehead atoms. The van der Waals surface area contributed by atoms with E-state index in [0.717, 1.165) is 17.1 Å². The number of amides is 1. The van der Waals surface area contributed by atoms with Crippen molar-refractivity contribution in [2.45, 2.75) is 25.5 Å². The molecule has 1 aromatic carbocycles. The monoisotopic (exact) mass is 400 g/mol. The summed E-state index contributed by atoms with van der Waals surface area (Å²) < 4.78 is 32.8. The van der Waals surface area contributed by atoms with Gasteiger partial charge in [0.15, 0.2) is 0 Å². The number of carbonyl (C=O) groups is 2. The molecular formula is C17H24N2O5S2. The van der Waals surface area contributed by atoms with Crippen LogP contribution in [0.5, 0.6) is 0 Å². The average Bonchev–Trinajstić information content (AvgIpc) is 2.65. The predicted octanol–water partition coefficient (Wildman–Crippen LogP) is 1.80. The first-order chi connectivity index (χ1) is 12.4. The van der Waals surface area contributed by atoms with Crippen molar-refractivity contribution in [3.8, 4) is 0 Å². The van der Waals surface area contributed by atoms with Crippen LogP contribution in [0.3, 0.4) is 0 Å². The Morgan fingerprint density at radius 1 is 1.23 bits per heavy atom. The van der Waals surface area contributed by atoms with Gasteiger partial charge in [0.25, 0.3) is 5.91 Å². The van der Waals surface area contributed by atoms with E-state index < -0.39 is 16.1 Å². The van der Waals surface area contributed by atoms with Crippen molar-refractivity contribution >= 4 is 33.8 Å². The smallest absolute Gasteiger partial charge is 0.308 e. The SMILES string of the molecule is CCSCc1ccc(C(=O)NS(=O)(=O)N2CCC(C(=O)OC)CC2)cc1. The Labute approximate surface area is 158 Å². The number of esters is 1. The van der Waals surface area contributed by atoms with Crippen LogP contribution in [0.4, 0.5) is 0 Å². The molecule has 1 N–H and O–H groups in total. The third-order valence-electron chi connectivity index (χ3n) is 4.24. The molecule has 1 aromatic rings. The summed E-state index contributed by atoms with van der Waals surface area (Å²) in [5, 5.41) is 0. The van der Waals surface area contributed by atoms with Crippen molar-refractivity contribution < 1.29 is 22.7 Å². The van der Waals surface area contributed by atoms with Crippen LogP contribution in [0.25, 0.3) is 0 Å². The Balaban J connectivity index is 1.94. The maximum absolute atomic E-state index is 12.4. The van der Waals surface area contributed by atoms with Crippen molar-refractivity contribution in [1.82, 2.24) is 9.03 Å². The van der Waals surface area contributed by atoms with Crippen LogP contribution in [-0.4, -0.2) is 50.6 Å². The van der Waals surface area contributed by atoms with Gasteiger partial charge in [0.05, 0.1) is 13.0 Å². The summed E-state index contributed by atoms with van der Waals surface area (Å²) in [4.78, 5) is 23.8. The lowest BCUT2D eigenvalue weighted by Gasteiger charge is -2.29. The lowest BCUT2D eigenvalue weighted by atomic mass is 9.99. The summed E-state index contributed by atoms with van der Waals surface area (Å²) in [6.07, 6.45) is 0.761. The highest BCUT2D eigenvalue weighted by Gasteiger charge is 2.32. The minimum atomic E-state index is -3.93. The number of nitrogens with one attached hydrogen (secondary N) is 1. The quantitative estimate of drug-likeness (QED) is 0.702. The number of piperidine rings is 1. The molecular weight excluding hydrogens is 376 g/mol. The molecule has 1 heterocycles. The molecule has 1 fully saturated rings. The third-order valence-corrected chi connectivity index (χ3v) is 6.67. The summed E-state index contributed by atoms with van der Waals surface area (Å²) in [7, 11) is -2.62. The van der Waals surface area contributed by atoms with E-state index in [9.17, 15) is 18.0 Å². The first-order valence-electron chi connectivity index (χ1n) is 8.44. The third kappa shape index (κ3) is 5.46. The summed E-state index contributed by atoms with van der Waals surface area (Å²) in [6, 6.07) is 6.90. The number of ether oxygens (including phenoxy) is 1. The van der Waals surface area contributed by atoms with Gasteiger partial charge in [-0.1, -0.05) is 19.1 Å². The molecule has 0 unspecified atom stereocenters. The Morgan fingerprint density at radius 2 is 1.85 bits per heavy atom. The molecule has 26 heavy (non-hydrogen) atoms. The largest absolute Gasteiger partial charge is 0.469 e. The molecule has 0 saturated carbocycles. The van der Waals surface area contributed by atoms with E-state index in [0.29, 0.717) is 18.4 Å². The number of hydrogen-bond acceptors (Lipinski definition) is 6. The average molecular weight is 401 g/mol. The zero-order valence-electron chi connectivity index (χ0n) is 14.9. The molecule has 0 radical (unpaired) electrons. The van der Waals surface area contributed by atoms with Crippen LogP contribution in [0.2, 0.25) is 0 Å². The normalized spacial score (nSPS) is 16.2. The van der Waals surface area contributed by atoms with E-state index in [1.54, 1.807) is 23.9 Å². The number of nitrogens with zero attached hydrogens (tertiary/aromatic N) is 1. The fourth-order valence-corrected chi connectivity index (χ4v) is 4.52. The van der Waals surface area contributed by atoms with Gasteiger partial charge in [-0.25, -0.2) is 4.72 Å². The molecule has 1 amide bonds. The van der Waals surface area contributed by atoms with Gasteiger partial charge in [0.1, 0.15) is 0 Å². The maximum atomic E-state index is 12.4. The summed E-state index contributed by atoms with van der Waals surface area (Å²) in [5.74, 6) is 0.580. The molecule has 0 aromatic heterocycles. The standard InChI is InChI=1S/C17H24N2O5S2/c1-3-25-12-13-4-6-14(7-5-13)16(20)18-26(22,23)19-10-8-15(9-11-19)17(21)24-2/h4-7,15H,3,8-12H2,1-2H3,(H,18,20). The number of rotatable bonds is 7. The van der Waals surface area contributed by atoms with E-state index in [2.05, 4.69) is 16.4 Å². The molecule has 0 atom stereocenters. The highest BCUT2D eigenvalue weighted by molar-refractivity contribution is 7.98. The fourth-order valence-electron chi connectivity index (χ4n) is 2.71. The van der Waals surface area contributed by atoms with Crippen LogP contribution < -0.4 is 4.72 Å². The van der Waals surface area contributed by atoms with Crippen LogP contribution in [-0.2, 0) is 25.5 Å². The van der Waals surface area contributed by atoms with E-state index in [1.165, 1.54) is 11.4 Å². The van der Waals surface area contributed by atoms with Crippen LogP contribution in [0.15, 0.2) is 24.3 Å². The summed E-state index contributed by atoms with van der Waals surface area (Å²) in [6.45, 7) is 2.43. The van der Waals surface area contributed by atoms with Gasteiger partial charge >= 0.3 is 16.2 Å². The van der Waals surface area contributed by atoms with Crippen molar-refractivity contribution in [2.75, 3.05) is 26.0 Å². The minimum absolute atomic E-state index is 0.176. The lowest BCUT2D eigenvalue weighted by molar-refractivity contribution is -0.146. The second kappa shape index (κ2) is 9.38. The van der Waals surface area contributed by atoms with Gasteiger partial charge in [-0.05, 0) is 36.3 Å². The Kier molecular flexibility index (Phi) is 7.48. The number of methoxy groups -OCH3 is 1. The number of hydrogen-bond donors (Lipinski definition) is 1. The van der Waals surface area contributed by atoms with Crippen molar-refractivity contribution in [3.05, 3.63) is 35.4 Å². The molecule has 1 aliphatic heterocycles. The first-order valence-corrected chi connectivity index (χ1v) is 11.0. The summed E-state index contributed by atoms with van der Waals surface area (Å²) >= 11 is 1.77. The second-order valence-corrected chi connectivity index (χ2v) is 8.91. The Morgan fingerprint density at radius 3 is 2.38 bits per heavy atom. The van der Waals surface area contributed by atoms with Crippen molar-refractivity contribution in [3.63, 3.8) is 0 Å². The lowest BCUT2D eigenvalue weighted by Crippen LogP contribution is -2.47. The molecule has 1 aliphatic rings. The van der Waals surface area contributed by atoms with Crippen LogP contribution in [0, 0.1) is 5.92 Å². The molecule has 2 rings (SSSR count). The zero-order chi connectivity index (χ0) is 19.2. The molecule has 0 aliphatic carbocycles. The van der Waals surface area contributed by atoms with Crippen molar-refractivity contribution in [1.29, 1.82) is 0 Å². The maximum Gasteiger partial charge on any atom is 0.308 e. The van der Waals surface area contributed by atoms with Gasteiger partial charge in [-0.3, -0.25) is 9.59 Å². The minimum Gasteiger partial charge on any atom is -0.469 e. The van der Waals surface area contributed by atoms with Gasteiger partial charge in [-0.2, -0.15) is 24.5 Å². The predicted molar refractivity (Wildman–Crippen MR) is 101 cm³/mol. The fraction of sp³-hybridized carbons (Fsp3) is 0.529. The molecule has 9 heteroatoms. The molecule has 0 spiro atoms. The number of benzene rings is 1. The van der Waals surface area contributed by atoms with Gasteiger partial charge < -0.3 is 4.74 Å². The highest BCUT2D eigenvalue weighted by Crippen LogP contribution is 2.20. The van der Waals surface area contributed by atoms with Gasteiger partial charge in [0, 0.05) is 24.4 Å². The molecule has 1 saturated heterocycles. The Hall–Kier alpha value is -1.58. The first kappa shape index (κ1) is 20.7. The molecule has 7 nitrogen and oxygen atoms in total. The zero-order valence-corrected chi connectivity index (χ0v) is 16.6. The summed E-state index contributed by atoms with van der Waals surface area (Å²) in [5.41, 5.74) is 1.38. The topological polar surface area (TPSA) is 92.8 Å². The van der Waals surface area contributed by atoms with Gasteiger partial charge in [0.2, 0.25) is 0 Å². The van der Waals surface area contributed by atoms with Crippen LogP contribution in [0.1, 0.15) is 35.7 Å². The second-order valence-electron chi connectivity index (χ2n) is 5.97. The van der Waals surface area contributed by atoms with E-state index in [4.69, 9.17) is 0 Å². The molecule has 144 valence electrons. The van der Waals surface area contributed by atoms with E-state index in [-0.39, 0.29) is 25.0 Å². The van der Waals surface area contributed by atoms with Crippen molar-refractivity contribution in [2.24, 2.45) is 5.92 Å². The van der Waals surface area contributed by atoms with Gasteiger partial charge in [-0.15, -0.1) is 0 Å². The highest BCUT2D eigenvalue weighted by atomic mass is 32.2. The number of thioether (sulfide) groups is 1. The van der Waals surface area contributed by atoms with E-state index in [1.807, 2.05) is 12.1 Å². The Bertz CT molecular complexity index is 726. The van der Waals surface area contributed by atoms with E-state index >= 15 is 0 Å². The number of carbonyl (C=O) groups excluding carboxylic acids is 2.